The number of ether oxygens (including phenoxy) is 1. The van der Waals surface area contributed by atoms with Crippen molar-refractivity contribution in [2.24, 2.45) is 0 Å². The van der Waals surface area contributed by atoms with E-state index >= 15 is 0 Å². The Hall–Kier alpha value is -1.91. The molecule has 24 heavy (non-hydrogen) atoms. The molecule has 1 aliphatic carbocycles. The highest BCUT2D eigenvalue weighted by atomic mass is 16.6. The number of amides is 1. The third kappa shape index (κ3) is 3.77. The summed E-state index contributed by atoms with van der Waals surface area (Å²) in [6, 6.07) is 6.48. The lowest BCUT2D eigenvalue weighted by Crippen LogP contribution is -2.55. The van der Waals surface area contributed by atoms with Gasteiger partial charge in [-0.2, -0.15) is 0 Å². The van der Waals surface area contributed by atoms with Gasteiger partial charge in [-0.3, -0.25) is 0 Å². The molecule has 1 saturated heterocycles. The Bertz CT molecular complexity index is 620. The predicted molar refractivity (Wildman–Crippen MR) is 97.4 cm³/mol. The number of piperazine rings is 1. The van der Waals surface area contributed by atoms with Crippen LogP contribution in [0.4, 0.5) is 16.2 Å². The summed E-state index contributed by atoms with van der Waals surface area (Å²) in [5, 5.41) is 0. The molecule has 1 heterocycles. The molecule has 2 fully saturated rings. The second kappa shape index (κ2) is 6.19. The van der Waals surface area contributed by atoms with E-state index in [1.165, 1.54) is 24.1 Å². The van der Waals surface area contributed by atoms with Crippen LogP contribution < -0.4 is 10.6 Å². The molecule has 0 aromatic heterocycles. The maximum absolute atomic E-state index is 12.3. The molecule has 2 N–H and O–H groups in total. The molecule has 1 aromatic rings. The topological polar surface area (TPSA) is 58.8 Å². The Morgan fingerprint density at radius 2 is 1.96 bits per heavy atom. The molecule has 1 aromatic carbocycles. The van der Waals surface area contributed by atoms with Crippen molar-refractivity contribution in [2.75, 3.05) is 30.3 Å². The molecule has 132 valence electrons. The normalized spacial score (nSPS) is 21.8. The second-order valence-electron chi connectivity index (χ2n) is 8.06. The van der Waals surface area contributed by atoms with E-state index in [9.17, 15) is 4.79 Å². The van der Waals surface area contributed by atoms with Crippen molar-refractivity contribution in [3.8, 4) is 0 Å². The van der Waals surface area contributed by atoms with E-state index in [0.717, 1.165) is 18.8 Å². The molecule has 0 unspecified atom stereocenters. The van der Waals surface area contributed by atoms with Crippen molar-refractivity contribution < 1.29 is 9.53 Å². The van der Waals surface area contributed by atoms with E-state index in [1.807, 2.05) is 31.7 Å². The van der Waals surface area contributed by atoms with Crippen LogP contribution in [0.25, 0.3) is 0 Å². The fourth-order valence-electron chi connectivity index (χ4n) is 3.29. The summed E-state index contributed by atoms with van der Waals surface area (Å²) in [6.07, 6.45) is 2.28. The van der Waals surface area contributed by atoms with Crippen LogP contribution in [0.3, 0.4) is 0 Å². The number of nitrogens with zero attached hydrogens (tertiary/aromatic N) is 2. The van der Waals surface area contributed by atoms with Crippen molar-refractivity contribution in [2.45, 2.75) is 58.1 Å². The summed E-state index contributed by atoms with van der Waals surface area (Å²) in [4.78, 5) is 16.5. The van der Waals surface area contributed by atoms with Gasteiger partial charge in [0.05, 0.1) is 0 Å². The minimum absolute atomic E-state index is 0.121. The molecule has 0 radical (unpaired) electrons. The molecule has 5 nitrogen and oxygen atoms in total. The molecular weight excluding hydrogens is 302 g/mol. The highest BCUT2D eigenvalue weighted by molar-refractivity contribution is 5.69. The molecule has 5 heteroatoms. The van der Waals surface area contributed by atoms with Gasteiger partial charge >= 0.3 is 6.09 Å². The Kier molecular flexibility index (Phi) is 4.37. The molecule has 0 spiro atoms. The van der Waals surface area contributed by atoms with Gasteiger partial charge in [0.15, 0.2) is 0 Å². The minimum atomic E-state index is -0.454. The van der Waals surface area contributed by atoms with E-state index in [-0.39, 0.29) is 12.1 Å². The number of hydrogen-bond donors (Lipinski definition) is 1. The molecule has 2 aliphatic rings. The van der Waals surface area contributed by atoms with Gasteiger partial charge in [-0.1, -0.05) is 0 Å². The Balaban J connectivity index is 1.67. The van der Waals surface area contributed by atoms with Gasteiger partial charge in [0.1, 0.15) is 5.60 Å². The molecule has 1 saturated carbocycles. The van der Waals surface area contributed by atoms with Crippen LogP contribution >= 0.6 is 0 Å². The molecule has 1 aliphatic heterocycles. The van der Waals surface area contributed by atoms with Gasteiger partial charge < -0.3 is 20.3 Å². The molecule has 3 rings (SSSR count). The van der Waals surface area contributed by atoms with E-state index in [1.54, 1.807) is 0 Å². The van der Waals surface area contributed by atoms with Crippen LogP contribution in [0.1, 0.15) is 52.0 Å². The fraction of sp³-hybridized carbons (Fsp3) is 0.632. The maximum atomic E-state index is 12.3. The predicted octanol–water partition coefficient (Wildman–Crippen LogP) is 3.59. The summed E-state index contributed by atoms with van der Waals surface area (Å²) in [5.74, 6) is 0.644. The lowest BCUT2D eigenvalue weighted by atomic mass is 10.1. The third-order valence-electron chi connectivity index (χ3n) is 4.71. The maximum Gasteiger partial charge on any atom is 0.410 e. The van der Waals surface area contributed by atoms with Crippen molar-refractivity contribution in [3.63, 3.8) is 0 Å². The molecule has 1 atom stereocenters. The van der Waals surface area contributed by atoms with E-state index < -0.39 is 5.60 Å². The van der Waals surface area contributed by atoms with Gasteiger partial charge in [-0.15, -0.1) is 0 Å². The second-order valence-corrected chi connectivity index (χ2v) is 8.06. The van der Waals surface area contributed by atoms with Gasteiger partial charge in [-0.25, -0.2) is 4.79 Å². The molecule has 1 amide bonds. The zero-order valence-corrected chi connectivity index (χ0v) is 15.2. The minimum Gasteiger partial charge on any atom is -0.444 e. The summed E-state index contributed by atoms with van der Waals surface area (Å²) in [7, 11) is 0. The van der Waals surface area contributed by atoms with Gasteiger partial charge in [0.2, 0.25) is 0 Å². The number of hydrogen-bond acceptors (Lipinski definition) is 4. The first kappa shape index (κ1) is 16.9. The Morgan fingerprint density at radius 3 is 2.54 bits per heavy atom. The standard InChI is InChI=1S/C19H29N3O2/c1-13-12-21(9-10-22(13)18(23)24-19(2,3)4)15-7-8-17(20)16(11-15)14-5-6-14/h7-8,11,13-14H,5-6,9-10,12,20H2,1-4H3/t13-/m1/s1. The van der Waals surface area contributed by atoms with Crippen molar-refractivity contribution >= 4 is 17.5 Å². The zero-order chi connectivity index (χ0) is 17.5. The van der Waals surface area contributed by atoms with E-state index in [2.05, 4.69) is 24.0 Å². The van der Waals surface area contributed by atoms with Crippen molar-refractivity contribution in [3.05, 3.63) is 23.8 Å². The highest BCUT2D eigenvalue weighted by Gasteiger charge is 2.32. The first-order valence-corrected chi connectivity index (χ1v) is 8.88. The van der Waals surface area contributed by atoms with E-state index in [0.29, 0.717) is 12.5 Å². The van der Waals surface area contributed by atoms with Crippen molar-refractivity contribution in [1.82, 2.24) is 4.90 Å². The SMILES string of the molecule is C[C@@H]1CN(c2ccc(N)c(C3CC3)c2)CCN1C(=O)OC(C)(C)C. The quantitative estimate of drug-likeness (QED) is 0.841. The summed E-state index contributed by atoms with van der Waals surface area (Å²) in [6.45, 7) is 10.1. The van der Waals surface area contributed by atoms with Gasteiger partial charge in [0.25, 0.3) is 0 Å². The van der Waals surface area contributed by atoms with E-state index in [4.69, 9.17) is 10.5 Å². The van der Waals surface area contributed by atoms with Crippen LogP contribution in [-0.2, 0) is 4.74 Å². The average molecular weight is 331 g/mol. The number of benzene rings is 1. The third-order valence-corrected chi connectivity index (χ3v) is 4.71. The molecule has 0 bridgehead atoms. The number of nitrogen functional groups attached to an aromatic ring is 1. The van der Waals surface area contributed by atoms with Crippen LogP contribution in [0, 0.1) is 0 Å². The Labute approximate surface area is 144 Å². The highest BCUT2D eigenvalue weighted by Crippen LogP contribution is 2.44. The number of anilines is 2. The summed E-state index contributed by atoms with van der Waals surface area (Å²) >= 11 is 0. The lowest BCUT2D eigenvalue weighted by Gasteiger charge is -2.41. The van der Waals surface area contributed by atoms with Crippen LogP contribution in [0.2, 0.25) is 0 Å². The number of nitrogens with two attached hydrogens (primary N) is 1. The van der Waals surface area contributed by atoms with Gasteiger partial charge in [0, 0.05) is 37.1 Å². The summed E-state index contributed by atoms with van der Waals surface area (Å²) < 4.78 is 5.52. The van der Waals surface area contributed by atoms with Crippen LogP contribution in [0.5, 0.6) is 0 Å². The fourth-order valence-corrected chi connectivity index (χ4v) is 3.29. The first-order valence-electron chi connectivity index (χ1n) is 8.88. The molecular formula is C19H29N3O2. The number of carbonyl (C=O) groups excluding carboxylic acids is 1. The zero-order valence-electron chi connectivity index (χ0n) is 15.2. The largest absolute Gasteiger partial charge is 0.444 e. The monoisotopic (exact) mass is 331 g/mol. The number of rotatable bonds is 2. The summed E-state index contributed by atoms with van der Waals surface area (Å²) in [5.41, 5.74) is 9.07. The lowest BCUT2D eigenvalue weighted by molar-refractivity contribution is 0.0159. The first-order chi connectivity index (χ1) is 11.2. The van der Waals surface area contributed by atoms with Crippen LogP contribution in [0.15, 0.2) is 18.2 Å². The average Bonchev–Trinajstić information content (AvgIpc) is 3.30. The van der Waals surface area contributed by atoms with Gasteiger partial charge in [-0.05, 0) is 70.2 Å². The van der Waals surface area contributed by atoms with Crippen molar-refractivity contribution in [1.29, 1.82) is 0 Å². The smallest absolute Gasteiger partial charge is 0.410 e. The number of carbonyl (C=O) groups is 1. The Morgan fingerprint density at radius 1 is 1.25 bits per heavy atom. The van der Waals surface area contributed by atoms with Crippen LogP contribution in [-0.4, -0.2) is 42.3 Å².